The monoisotopic (exact) mass is 533 g/mol. The molecule has 0 saturated carbocycles. The molecule has 166 valence electrons. The zero-order valence-electron chi connectivity index (χ0n) is 18.4. The van der Waals surface area contributed by atoms with E-state index in [0.717, 1.165) is 69.5 Å². The Bertz CT molecular complexity index is 992. The average Bonchev–Trinajstić information content (AvgIpc) is 3.19. The van der Waals surface area contributed by atoms with E-state index in [9.17, 15) is 0 Å². The molecule has 0 bridgehead atoms. The highest BCUT2D eigenvalue weighted by Crippen LogP contribution is 2.18. The standard InChI is InChI=1S/C23H31N7.HI/c1-3-24-23(25-12-7-11-22-27-26-21-10-4-5-13-30(21)22)29-16-14-28(15-17-29)20-9-6-8-19(2)18-20;/h4-6,8-10,13,18H,3,7,11-12,14-17H2,1-2H3,(H,24,25);1H. The van der Waals surface area contributed by atoms with Crippen molar-refractivity contribution >= 4 is 41.3 Å². The van der Waals surface area contributed by atoms with Gasteiger partial charge in [-0.05, 0) is 50.1 Å². The minimum Gasteiger partial charge on any atom is -0.368 e. The third kappa shape index (κ3) is 5.87. The highest BCUT2D eigenvalue weighted by molar-refractivity contribution is 14.0. The molecule has 4 rings (SSSR count). The predicted octanol–water partition coefficient (Wildman–Crippen LogP) is 3.38. The molecule has 31 heavy (non-hydrogen) atoms. The van der Waals surface area contributed by atoms with Gasteiger partial charge in [0.1, 0.15) is 5.82 Å². The Morgan fingerprint density at radius 1 is 1.06 bits per heavy atom. The maximum atomic E-state index is 4.88. The van der Waals surface area contributed by atoms with E-state index in [1.165, 1.54) is 11.3 Å². The van der Waals surface area contributed by atoms with Crippen molar-refractivity contribution in [2.45, 2.75) is 26.7 Å². The molecule has 7 nitrogen and oxygen atoms in total. The second-order valence-corrected chi connectivity index (χ2v) is 7.70. The van der Waals surface area contributed by atoms with Gasteiger partial charge in [0.2, 0.25) is 0 Å². The van der Waals surface area contributed by atoms with Crippen molar-refractivity contribution in [1.82, 2.24) is 24.8 Å². The molecule has 0 radical (unpaired) electrons. The number of fused-ring (bicyclic) bond motifs is 1. The molecule has 2 aromatic heterocycles. The van der Waals surface area contributed by atoms with Crippen LogP contribution in [0.2, 0.25) is 0 Å². The van der Waals surface area contributed by atoms with Crippen LogP contribution in [0, 0.1) is 6.92 Å². The predicted molar refractivity (Wildman–Crippen MR) is 138 cm³/mol. The first kappa shape index (κ1) is 23.3. The maximum Gasteiger partial charge on any atom is 0.194 e. The molecule has 1 N–H and O–H groups in total. The molecule has 0 aliphatic carbocycles. The van der Waals surface area contributed by atoms with Crippen molar-refractivity contribution < 1.29 is 0 Å². The Balaban J connectivity index is 0.00000272. The smallest absolute Gasteiger partial charge is 0.194 e. The van der Waals surface area contributed by atoms with Gasteiger partial charge in [0.15, 0.2) is 11.6 Å². The summed E-state index contributed by atoms with van der Waals surface area (Å²) in [7, 11) is 0. The van der Waals surface area contributed by atoms with Crippen molar-refractivity contribution in [3.05, 3.63) is 60.0 Å². The van der Waals surface area contributed by atoms with E-state index in [1.54, 1.807) is 0 Å². The summed E-state index contributed by atoms with van der Waals surface area (Å²) in [6.45, 7) is 9.93. The van der Waals surface area contributed by atoms with Crippen LogP contribution in [-0.4, -0.2) is 64.7 Å². The number of aliphatic imine (C=N–C) groups is 1. The fourth-order valence-electron chi connectivity index (χ4n) is 3.91. The van der Waals surface area contributed by atoms with Crippen LogP contribution in [0.15, 0.2) is 53.7 Å². The van der Waals surface area contributed by atoms with Gasteiger partial charge in [-0.1, -0.05) is 18.2 Å². The Morgan fingerprint density at radius 3 is 2.68 bits per heavy atom. The normalized spacial score (nSPS) is 14.6. The molecule has 3 heterocycles. The summed E-state index contributed by atoms with van der Waals surface area (Å²) in [4.78, 5) is 9.72. The lowest BCUT2D eigenvalue weighted by molar-refractivity contribution is 0.372. The van der Waals surface area contributed by atoms with Crippen LogP contribution < -0.4 is 10.2 Å². The number of halogens is 1. The number of anilines is 1. The Kier molecular flexibility index (Phi) is 8.51. The topological polar surface area (TPSA) is 61.1 Å². The van der Waals surface area contributed by atoms with Gasteiger partial charge < -0.3 is 15.1 Å². The van der Waals surface area contributed by atoms with Crippen LogP contribution in [0.4, 0.5) is 5.69 Å². The molecule has 3 aromatic rings. The van der Waals surface area contributed by atoms with Crippen molar-refractivity contribution in [2.24, 2.45) is 4.99 Å². The molecule has 1 saturated heterocycles. The summed E-state index contributed by atoms with van der Waals surface area (Å²) in [6, 6.07) is 14.7. The number of benzene rings is 1. The lowest BCUT2D eigenvalue weighted by Gasteiger charge is -2.37. The van der Waals surface area contributed by atoms with Crippen molar-refractivity contribution in [2.75, 3.05) is 44.2 Å². The number of nitrogens with one attached hydrogen (secondary N) is 1. The van der Waals surface area contributed by atoms with E-state index < -0.39 is 0 Å². The zero-order chi connectivity index (χ0) is 20.8. The third-order valence-corrected chi connectivity index (χ3v) is 5.49. The SMILES string of the molecule is CCNC(=NCCCc1nnc2ccccn12)N1CCN(c2cccc(C)c2)CC1.I. The Hall–Kier alpha value is -2.36. The summed E-state index contributed by atoms with van der Waals surface area (Å²) in [6.07, 6.45) is 3.84. The molecule has 1 aromatic carbocycles. The van der Waals surface area contributed by atoms with Crippen molar-refractivity contribution in [3.8, 4) is 0 Å². The van der Waals surface area contributed by atoms with E-state index in [0.29, 0.717) is 0 Å². The van der Waals surface area contributed by atoms with Crippen LogP contribution in [0.1, 0.15) is 24.7 Å². The van der Waals surface area contributed by atoms with E-state index in [-0.39, 0.29) is 24.0 Å². The zero-order valence-corrected chi connectivity index (χ0v) is 20.7. The van der Waals surface area contributed by atoms with E-state index in [2.05, 4.69) is 67.8 Å². The molecule has 0 unspecified atom stereocenters. The lowest BCUT2D eigenvalue weighted by atomic mass is 10.2. The highest BCUT2D eigenvalue weighted by Gasteiger charge is 2.19. The quantitative estimate of drug-likeness (QED) is 0.228. The maximum absolute atomic E-state index is 4.88. The summed E-state index contributed by atoms with van der Waals surface area (Å²) >= 11 is 0. The first-order valence-corrected chi connectivity index (χ1v) is 10.9. The molecule has 1 aliphatic heterocycles. The summed E-state index contributed by atoms with van der Waals surface area (Å²) in [5.41, 5.74) is 3.53. The fourth-order valence-corrected chi connectivity index (χ4v) is 3.91. The highest BCUT2D eigenvalue weighted by atomic mass is 127. The van der Waals surface area contributed by atoms with Crippen molar-refractivity contribution in [3.63, 3.8) is 0 Å². The minimum atomic E-state index is 0. The number of nitrogens with zero attached hydrogens (tertiary/aromatic N) is 6. The lowest BCUT2D eigenvalue weighted by Crippen LogP contribution is -2.52. The number of hydrogen-bond donors (Lipinski definition) is 1. The first-order valence-electron chi connectivity index (χ1n) is 10.9. The van der Waals surface area contributed by atoms with Crippen LogP contribution in [0.3, 0.4) is 0 Å². The van der Waals surface area contributed by atoms with Gasteiger partial charge >= 0.3 is 0 Å². The van der Waals surface area contributed by atoms with Gasteiger partial charge in [-0.2, -0.15) is 0 Å². The van der Waals surface area contributed by atoms with Gasteiger partial charge in [0.25, 0.3) is 0 Å². The Labute approximate surface area is 201 Å². The summed E-state index contributed by atoms with van der Waals surface area (Å²) in [5, 5.41) is 12.0. The largest absolute Gasteiger partial charge is 0.368 e. The first-order chi connectivity index (χ1) is 14.7. The number of piperazine rings is 1. The average molecular weight is 533 g/mol. The molecule has 1 aliphatic rings. The Morgan fingerprint density at radius 2 is 1.90 bits per heavy atom. The summed E-state index contributed by atoms with van der Waals surface area (Å²) < 4.78 is 2.05. The summed E-state index contributed by atoms with van der Waals surface area (Å²) in [5.74, 6) is 2.02. The third-order valence-electron chi connectivity index (χ3n) is 5.49. The van der Waals surface area contributed by atoms with Gasteiger partial charge in [-0.3, -0.25) is 9.39 Å². The number of aryl methyl sites for hydroxylation is 2. The van der Waals surface area contributed by atoms with Crippen LogP contribution >= 0.6 is 24.0 Å². The van der Waals surface area contributed by atoms with Crippen LogP contribution in [0.25, 0.3) is 5.65 Å². The molecular weight excluding hydrogens is 501 g/mol. The molecule has 0 amide bonds. The molecular formula is C23H32IN7. The second-order valence-electron chi connectivity index (χ2n) is 7.70. The van der Waals surface area contributed by atoms with Crippen LogP contribution in [0.5, 0.6) is 0 Å². The number of rotatable bonds is 6. The number of hydrogen-bond acceptors (Lipinski definition) is 4. The molecule has 0 atom stereocenters. The van der Waals surface area contributed by atoms with Gasteiger partial charge in [0.05, 0.1) is 0 Å². The molecule has 1 fully saturated rings. The minimum absolute atomic E-state index is 0. The second kappa shape index (κ2) is 11.3. The number of aromatic nitrogens is 3. The van der Waals surface area contributed by atoms with E-state index in [4.69, 9.17) is 4.99 Å². The van der Waals surface area contributed by atoms with Gasteiger partial charge in [0, 0.05) is 57.6 Å². The fraction of sp³-hybridized carbons (Fsp3) is 0.435. The molecule has 0 spiro atoms. The number of guanidine groups is 1. The van der Waals surface area contributed by atoms with Crippen LogP contribution in [-0.2, 0) is 6.42 Å². The number of pyridine rings is 1. The van der Waals surface area contributed by atoms with Gasteiger partial charge in [-0.25, -0.2) is 0 Å². The van der Waals surface area contributed by atoms with Crippen molar-refractivity contribution in [1.29, 1.82) is 0 Å². The van der Waals surface area contributed by atoms with Gasteiger partial charge in [-0.15, -0.1) is 34.2 Å². The van der Waals surface area contributed by atoms with E-state index in [1.807, 2.05) is 24.4 Å². The van der Waals surface area contributed by atoms with E-state index >= 15 is 0 Å². The molecule has 8 heteroatoms.